The molecule has 2 aliphatic carbocycles. The first-order chi connectivity index (χ1) is 5.79. The highest BCUT2D eigenvalue weighted by atomic mass is 14.3. The Morgan fingerprint density at radius 2 is 2.08 bits per heavy atom. The highest BCUT2D eigenvalue weighted by molar-refractivity contribution is 5.34. The van der Waals surface area contributed by atoms with Crippen molar-refractivity contribution in [3.8, 4) is 0 Å². The second kappa shape index (κ2) is 3.08. The molecule has 2 atom stereocenters. The van der Waals surface area contributed by atoms with Gasteiger partial charge < -0.3 is 0 Å². The summed E-state index contributed by atoms with van der Waals surface area (Å²) in [4.78, 5) is 0. The molecule has 2 unspecified atom stereocenters. The molecule has 0 fully saturated rings. The highest BCUT2D eigenvalue weighted by Crippen LogP contribution is 2.40. The van der Waals surface area contributed by atoms with Crippen molar-refractivity contribution >= 4 is 0 Å². The van der Waals surface area contributed by atoms with Gasteiger partial charge >= 0.3 is 0 Å². The van der Waals surface area contributed by atoms with E-state index in [1.54, 1.807) is 11.1 Å². The van der Waals surface area contributed by atoms with Crippen LogP contribution in [0.3, 0.4) is 0 Å². The van der Waals surface area contributed by atoms with Gasteiger partial charge in [0, 0.05) is 0 Å². The minimum atomic E-state index is 0.823. The van der Waals surface area contributed by atoms with Crippen LogP contribution in [-0.2, 0) is 0 Å². The summed E-state index contributed by atoms with van der Waals surface area (Å²) in [5.74, 6) is 1.68. The van der Waals surface area contributed by atoms with Crippen LogP contribution in [0.1, 0.15) is 39.5 Å². The van der Waals surface area contributed by atoms with E-state index in [4.69, 9.17) is 0 Å². The maximum absolute atomic E-state index is 2.39. The van der Waals surface area contributed by atoms with E-state index < -0.39 is 0 Å². The molecule has 0 nitrogen and oxygen atoms in total. The van der Waals surface area contributed by atoms with Gasteiger partial charge in [-0.05, 0) is 43.1 Å². The zero-order chi connectivity index (χ0) is 8.55. The Hall–Kier alpha value is -0.520. The van der Waals surface area contributed by atoms with Crippen molar-refractivity contribution in [2.75, 3.05) is 0 Å². The average molecular weight is 162 g/mol. The molecule has 0 aromatic rings. The molecule has 2 rings (SSSR count). The average Bonchev–Trinajstić information content (AvgIpc) is 2.29. The first-order valence-corrected chi connectivity index (χ1v) is 5.18. The lowest BCUT2D eigenvalue weighted by Crippen LogP contribution is -1.93. The number of rotatable bonds is 0. The summed E-state index contributed by atoms with van der Waals surface area (Å²) >= 11 is 0. The first kappa shape index (κ1) is 8.10. The van der Waals surface area contributed by atoms with Gasteiger partial charge in [0.05, 0.1) is 0 Å². The summed E-state index contributed by atoms with van der Waals surface area (Å²) in [5.41, 5.74) is 3.43. The predicted octanol–water partition coefficient (Wildman–Crippen LogP) is 3.70. The van der Waals surface area contributed by atoms with Crippen LogP contribution in [-0.4, -0.2) is 0 Å². The maximum Gasteiger partial charge on any atom is -0.0185 e. The molecule has 2 aliphatic rings. The summed E-state index contributed by atoms with van der Waals surface area (Å²) < 4.78 is 0. The lowest BCUT2D eigenvalue weighted by molar-refractivity contribution is 0.557. The first-order valence-electron chi connectivity index (χ1n) is 5.18. The fraction of sp³-hybridized carbons (Fsp3) is 0.667. The van der Waals surface area contributed by atoms with Crippen LogP contribution >= 0.6 is 0 Å². The van der Waals surface area contributed by atoms with E-state index in [9.17, 15) is 0 Å². The Morgan fingerprint density at radius 3 is 2.92 bits per heavy atom. The Bertz CT molecular complexity index is 232. The maximum atomic E-state index is 2.39. The van der Waals surface area contributed by atoms with Gasteiger partial charge in [-0.2, -0.15) is 0 Å². The number of hydrogen-bond acceptors (Lipinski definition) is 0. The largest absolute Gasteiger partial charge is 0.0842 e. The fourth-order valence-electron chi connectivity index (χ4n) is 2.68. The molecule has 0 amide bonds. The standard InChI is InChI=1S/C12H18/c1-9-8-10(2)12-7-5-3-4-6-11(9)12/h4,6,9-10H,3,5,7-8H2,1-2H3. The molecule has 0 heterocycles. The molecule has 0 saturated carbocycles. The van der Waals surface area contributed by atoms with Crippen LogP contribution in [0.15, 0.2) is 23.3 Å². The van der Waals surface area contributed by atoms with Crippen molar-refractivity contribution in [1.82, 2.24) is 0 Å². The van der Waals surface area contributed by atoms with E-state index in [0.717, 1.165) is 11.8 Å². The van der Waals surface area contributed by atoms with Crippen molar-refractivity contribution in [2.45, 2.75) is 39.5 Å². The number of hydrogen-bond donors (Lipinski definition) is 0. The summed E-state index contributed by atoms with van der Waals surface area (Å²) in [5, 5.41) is 0. The zero-order valence-corrected chi connectivity index (χ0v) is 8.14. The van der Waals surface area contributed by atoms with Crippen molar-refractivity contribution in [3.05, 3.63) is 23.3 Å². The van der Waals surface area contributed by atoms with Gasteiger partial charge in [0.1, 0.15) is 0 Å². The molecule has 66 valence electrons. The molecule has 0 aromatic carbocycles. The summed E-state index contributed by atoms with van der Waals surface area (Å²) in [6.07, 6.45) is 10.1. The fourth-order valence-corrected chi connectivity index (χ4v) is 2.68. The van der Waals surface area contributed by atoms with E-state index in [1.807, 2.05) is 0 Å². The van der Waals surface area contributed by atoms with E-state index >= 15 is 0 Å². The van der Waals surface area contributed by atoms with Gasteiger partial charge in [-0.15, -0.1) is 0 Å². The number of allylic oxidation sites excluding steroid dienone is 4. The Kier molecular flexibility index (Phi) is 2.08. The van der Waals surface area contributed by atoms with Gasteiger partial charge in [0.15, 0.2) is 0 Å². The van der Waals surface area contributed by atoms with Crippen LogP contribution in [0.5, 0.6) is 0 Å². The van der Waals surface area contributed by atoms with Crippen LogP contribution in [0.4, 0.5) is 0 Å². The van der Waals surface area contributed by atoms with Crippen LogP contribution in [0.2, 0.25) is 0 Å². The molecule has 0 saturated heterocycles. The van der Waals surface area contributed by atoms with Gasteiger partial charge in [-0.1, -0.05) is 31.6 Å². The molecule has 0 aliphatic heterocycles. The molecular formula is C12H18. The quantitative estimate of drug-likeness (QED) is 0.509. The second-order valence-electron chi connectivity index (χ2n) is 4.31. The summed E-state index contributed by atoms with van der Waals surface area (Å²) in [7, 11) is 0. The molecule has 0 heteroatoms. The van der Waals surface area contributed by atoms with E-state index in [1.165, 1.54) is 25.7 Å². The topological polar surface area (TPSA) is 0 Å². The molecule has 0 radical (unpaired) electrons. The predicted molar refractivity (Wildman–Crippen MR) is 53.0 cm³/mol. The van der Waals surface area contributed by atoms with Crippen molar-refractivity contribution in [2.24, 2.45) is 11.8 Å². The lowest BCUT2D eigenvalue weighted by Gasteiger charge is -2.07. The smallest absolute Gasteiger partial charge is 0.0185 e. The van der Waals surface area contributed by atoms with Gasteiger partial charge in [-0.25, -0.2) is 0 Å². The minimum Gasteiger partial charge on any atom is -0.0842 e. The van der Waals surface area contributed by atoms with Gasteiger partial charge in [0.25, 0.3) is 0 Å². The monoisotopic (exact) mass is 162 g/mol. The van der Waals surface area contributed by atoms with Crippen LogP contribution < -0.4 is 0 Å². The highest BCUT2D eigenvalue weighted by Gasteiger charge is 2.26. The third-order valence-electron chi connectivity index (χ3n) is 3.32. The van der Waals surface area contributed by atoms with Crippen molar-refractivity contribution in [1.29, 1.82) is 0 Å². The van der Waals surface area contributed by atoms with E-state index in [2.05, 4.69) is 26.0 Å². The van der Waals surface area contributed by atoms with E-state index in [-0.39, 0.29) is 0 Å². The summed E-state index contributed by atoms with van der Waals surface area (Å²) in [6.45, 7) is 4.76. The molecular weight excluding hydrogens is 144 g/mol. The molecule has 0 spiro atoms. The molecule has 0 bridgehead atoms. The van der Waals surface area contributed by atoms with Gasteiger partial charge in [-0.3, -0.25) is 0 Å². The minimum absolute atomic E-state index is 0.823. The Morgan fingerprint density at radius 1 is 1.25 bits per heavy atom. The van der Waals surface area contributed by atoms with E-state index in [0.29, 0.717) is 0 Å². The van der Waals surface area contributed by atoms with Crippen molar-refractivity contribution < 1.29 is 0 Å². The Balaban J connectivity index is 2.31. The van der Waals surface area contributed by atoms with Gasteiger partial charge in [0.2, 0.25) is 0 Å². The van der Waals surface area contributed by atoms with Crippen LogP contribution in [0.25, 0.3) is 0 Å². The van der Waals surface area contributed by atoms with Crippen LogP contribution in [0, 0.1) is 11.8 Å². The third kappa shape index (κ3) is 1.24. The normalized spacial score (nSPS) is 35.2. The SMILES string of the molecule is CC1CC(C)C2=C1C=CCCC2. The zero-order valence-electron chi connectivity index (χ0n) is 8.14. The second-order valence-corrected chi connectivity index (χ2v) is 4.31. The third-order valence-corrected chi connectivity index (χ3v) is 3.32. The summed E-state index contributed by atoms with van der Waals surface area (Å²) in [6, 6.07) is 0. The Labute approximate surface area is 75.4 Å². The lowest BCUT2D eigenvalue weighted by atomic mass is 9.98. The molecule has 0 aromatic heterocycles. The molecule has 0 N–H and O–H groups in total. The molecule has 12 heavy (non-hydrogen) atoms. The van der Waals surface area contributed by atoms with Crippen molar-refractivity contribution in [3.63, 3.8) is 0 Å².